The number of hydrogen-bond acceptors (Lipinski definition) is 7. The first-order valence-electron chi connectivity index (χ1n) is 10.7. The lowest BCUT2D eigenvalue weighted by atomic mass is 10.1. The molecular weight excluding hydrogens is 472 g/mol. The first kappa shape index (κ1) is 24.1. The van der Waals surface area contributed by atoms with Gasteiger partial charge in [0.25, 0.3) is 15.9 Å². The Morgan fingerprint density at radius 2 is 1.71 bits per heavy atom. The number of carbonyl (C=O) groups excluding carboxylic acids is 2. The lowest BCUT2D eigenvalue weighted by molar-refractivity contribution is -0.122. The fourth-order valence-electron chi connectivity index (χ4n) is 3.76. The van der Waals surface area contributed by atoms with Crippen LogP contribution in [0.4, 0.5) is 11.4 Å². The Balaban J connectivity index is 1.65. The van der Waals surface area contributed by atoms with Gasteiger partial charge in [0.15, 0.2) is 6.10 Å². The maximum absolute atomic E-state index is 13.5. The van der Waals surface area contributed by atoms with Gasteiger partial charge in [0, 0.05) is 5.69 Å². The van der Waals surface area contributed by atoms with Crippen LogP contribution in [0.5, 0.6) is 11.5 Å². The van der Waals surface area contributed by atoms with E-state index in [-0.39, 0.29) is 17.2 Å². The van der Waals surface area contributed by atoms with Gasteiger partial charge in [0.1, 0.15) is 11.5 Å². The number of fused-ring (bicyclic) bond motifs is 1. The standard InChI is InChI=1S/C25H24N2O7S/c1-16-19(25(29)33-3)7-6-8-20(16)26-24(28)23-15-27(21-9-4-5-10-22(21)34-23)35(30,31)18-13-11-17(32-2)12-14-18/h4-14,23H,15H2,1-3H3,(H,26,28)/t23-/m1/s1. The molecule has 4 rings (SSSR count). The van der Waals surface area contributed by atoms with Crippen molar-refractivity contribution in [1.82, 2.24) is 0 Å². The molecule has 0 unspecified atom stereocenters. The number of carbonyl (C=O) groups is 2. The Kier molecular flexibility index (Phi) is 6.65. The third-order valence-corrected chi connectivity index (χ3v) is 7.47. The van der Waals surface area contributed by atoms with Gasteiger partial charge >= 0.3 is 5.97 Å². The Labute approximate surface area is 203 Å². The van der Waals surface area contributed by atoms with Gasteiger partial charge < -0.3 is 19.5 Å². The summed E-state index contributed by atoms with van der Waals surface area (Å²) >= 11 is 0. The minimum atomic E-state index is -4.01. The van der Waals surface area contributed by atoms with Crippen LogP contribution in [-0.2, 0) is 19.6 Å². The average molecular weight is 497 g/mol. The number of anilines is 2. The molecule has 1 aliphatic heterocycles. The monoisotopic (exact) mass is 496 g/mol. The normalized spacial score (nSPS) is 14.9. The predicted octanol–water partition coefficient (Wildman–Crippen LogP) is 3.39. The van der Waals surface area contributed by atoms with Crippen molar-refractivity contribution in [1.29, 1.82) is 0 Å². The molecule has 0 saturated heterocycles. The molecule has 1 N–H and O–H groups in total. The molecule has 1 aliphatic rings. The van der Waals surface area contributed by atoms with Crippen LogP contribution in [0, 0.1) is 6.92 Å². The number of amides is 1. The molecule has 1 heterocycles. The predicted molar refractivity (Wildman–Crippen MR) is 130 cm³/mol. The largest absolute Gasteiger partial charge is 0.497 e. The topological polar surface area (TPSA) is 111 Å². The second-order valence-electron chi connectivity index (χ2n) is 7.74. The van der Waals surface area contributed by atoms with Crippen molar-refractivity contribution in [2.24, 2.45) is 0 Å². The maximum atomic E-state index is 13.5. The summed E-state index contributed by atoms with van der Waals surface area (Å²) in [5.41, 5.74) is 1.55. The summed E-state index contributed by atoms with van der Waals surface area (Å²) in [4.78, 5) is 25.2. The molecule has 0 aromatic heterocycles. The smallest absolute Gasteiger partial charge is 0.338 e. The number of nitrogens with zero attached hydrogens (tertiary/aromatic N) is 1. The lowest BCUT2D eigenvalue weighted by Gasteiger charge is -2.34. The Morgan fingerprint density at radius 1 is 1.00 bits per heavy atom. The van der Waals surface area contributed by atoms with E-state index >= 15 is 0 Å². The molecule has 0 fully saturated rings. The molecule has 35 heavy (non-hydrogen) atoms. The van der Waals surface area contributed by atoms with Gasteiger partial charge in [-0.05, 0) is 61.0 Å². The second kappa shape index (κ2) is 9.67. The number of sulfonamides is 1. The third-order valence-electron chi connectivity index (χ3n) is 5.67. The molecule has 3 aromatic carbocycles. The Morgan fingerprint density at radius 3 is 2.40 bits per heavy atom. The number of rotatable bonds is 6. The maximum Gasteiger partial charge on any atom is 0.338 e. The van der Waals surface area contributed by atoms with E-state index in [2.05, 4.69) is 5.32 Å². The van der Waals surface area contributed by atoms with Crippen molar-refractivity contribution in [3.8, 4) is 11.5 Å². The van der Waals surface area contributed by atoms with Gasteiger partial charge in [-0.15, -0.1) is 0 Å². The third kappa shape index (κ3) is 4.65. The van der Waals surface area contributed by atoms with Crippen LogP contribution in [0.3, 0.4) is 0 Å². The summed E-state index contributed by atoms with van der Waals surface area (Å²) in [6.07, 6.45) is -1.14. The van der Waals surface area contributed by atoms with E-state index in [1.54, 1.807) is 61.5 Å². The quantitative estimate of drug-likeness (QED) is 0.521. The van der Waals surface area contributed by atoms with Crippen molar-refractivity contribution >= 4 is 33.3 Å². The van der Waals surface area contributed by atoms with Crippen LogP contribution >= 0.6 is 0 Å². The van der Waals surface area contributed by atoms with E-state index in [9.17, 15) is 18.0 Å². The van der Waals surface area contributed by atoms with Crippen molar-refractivity contribution < 1.29 is 32.2 Å². The number of methoxy groups -OCH3 is 2. The summed E-state index contributed by atoms with van der Waals surface area (Å²) in [6, 6.07) is 17.5. The van der Waals surface area contributed by atoms with Crippen LogP contribution in [0.1, 0.15) is 15.9 Å². The molecule has 1 atom stereocenters. The highest BCUT2D eigenvalue weighted by molar-refractivity contribution is 7.92. The highest BCUT2D eigenvalue weighted by atomic mass is 32.2. The molecule has 0 saturated carbocycles. The first-order chi connectivity index (χ1) is 16.8. The van der Waals surface area contributed by atoms with Gasteiger partial charge in [-0.25, -0.2) is 13.2 Å². The summed E-state index contributed by atoms with van der Waals surface area (Å²) in [6.45, 7) is 1.44. The molecule has 0 aliphatic carbocycles. The summed E-state index contributed by atoms with van der Waals surface area (Å²) in [7, 11) is -1.24. The SMILES string of the molecule is COC(=O)c1cccc(NC(=O)[C@H]2CN(S(=O)(=O)c3ccc(OC)cc3)c3ccccc3O2)c1C. The minimum absolute atomic E-state index is 0.0517. The second-order valence-corrected chi connectivity index (χ2v) is 9.61. The molecule has 182 valence electrons. The number of hydrogen-bond donors (Lipinski definition) is 1. The van der Waals surface area contributed by atoms with Gasteiger partial charge in [-0.3, -0.25) is 9.10 Å². The molecule has 1 amide bonds. The van der Waals surface area contributed by atoms with E-state index in [4.69, 9.17) is 14.2 Å². The van der Waals surface area contributed by atoms with Crippen molar-refractivity contribution in [2.45, 2.75) is 17.9 Å². The van der Waals surface area contributed by atoms with Crippen molar-refractivity contribution in [3.05, 3.63) is 77.9 Å². The zero-order valence-corrected chi connectivity index (χ0v) is 20.2. The molecule has 0 spiro atoms. The fraction of sp³-hybridized carbons (Fsp3) is 0.200. The van der Waals surface area contributed by atoms with Crippen LogP contribution in [0.25, 0.3) is 0 Å². The highest BCUT2D eigenvalue weighted by Gasteiger charge is 2.37. The minimum Gasteiger partial charge on any atom is -0.497 e. The van der Waals surface area contributed by atoms with Crippen LogP contribution < -0.4 is 19.1 Å². The molecule has 3 aromatic rings. The Hall–Kier alpha value is -4.05. The fourth-order valence-corrected chi connectivity index (χ4v) is 5.23. The molecule has 0 bridgehead atoms. The lowest BCUT2D eigenvalue weighted by Crippen LogP contribution is -2.48. The summed E-state index contributed by atoms with van der Waals surface area (Å²) in [5.74, 6) is -0.304. The summed E-state index contributed by atoms with van der Waals surface area (Å²) < 4.78 is 44.0. The average Bonchev–Trinajstić information content (AvgIpc) is 2.88. The molecular formula is C25H24N2O7S. The number of para-hydroxylation sites is 2. The van der Waals surface area contributed by atoms with E-state index in [0.717, 1.165) is 4.31 Å². The molecule has 9 nitrogen and oxygen atoms in total. The van der Waals surface area contributed by atoms with E-state index in [0.29, 0.717) is 28.3 Å². The first-order valence-corrected chi connectivity index (χ1v) is 12.1. The van der Waals surface area contributed by atoms with Crippen LogP contribution in [0.2, 0.25) is 0 Å². The van der Waals surface area contributed by atoms with Gasteiger partial charge in [0.2, 0.25) is 0 Å². The highest BCUT2D eigenvalue weighted by Crippen LogP contribution is 2.37. The van der Waals surface area contributed by atoms with Gasteiger partial charge in [-0.2, -0.15) is 0 Å². The van der Waals surface area contributed by atoms with Crippen molar-refractivity contribution in [3.63, 3.8) is 0 Å². The Bertz CT molecular complexity index is 1370. The number of esters is 1. The zero-order chi connectivity index (χ0) is 25.2. The van der Waals surface area contributed by atoms with E-state index in [1.165, 1.54) is 26.4 Å². The van der Waals surface area contributed by atoms with E-state index < -0.39 is 28.0 Å². The molecule has 0 radical (unpaired) electrons. The molecule has 10 heteroatoms. The number of ether oxygens (including phenoxy) is 3. The number of benzene rings is 3. The van der Waals surface area contributed by atoms with Gasteiger partial charge in [-0.1, -0.05) is 18.2 Å². The number of nitrogens with one attached hydrogen (secondary N) is 1. The van der Waals surface area contributed by atoms with Crippen LogP contribution in [0.15, 0.2) is 71.6 Å². The van der Waals surface area contributed by atoms with Gasteiger partial charge in [0.05, 0.1) is 36.9 Å². The van der Waals surface area contributed by atoms with E-state index in [1.807, 2.05) is 0 Å². The van der Waals surface area contributed by atoms with Crippen molar-refractivity contribution in [2.75, 3.05) is 30.4 Å². The zero-order valence-electron chi connectivity index (χ0n) is 19.3. The summed E-state index contributed by atoms with van der Waals surface area (Å²) in [5, 5.41) is 2.75. The van der Waals surface area contributed by atoms with Crippen LogP contribution in [-0.4, -0.2) is 47.2 Å².